The Labute approximate surface area is 136 Å². The van der Waals surface area contributed by atoms with E-state index in [9.17, 15) is 4.79 Å². The molecule has 0 saturated carbocycles. The van der Waals surface area contributed by atoms with E-state index in [0.29, 0.717) is 10.9 Å². The number of anilines is 1. The first-order chi connectivity index (χ1) is 9.86. The third-order valence-corrected chi connectivity index (χ3v) is 3.97. The van der Waals surface area contributed by atoms with Crippen LogP contribution in [0.3, 0.4) is 0 Å². The fraction of sp³-hybridized carbons (Fsp3) is 0.467. The number of carbonyl (C=O) groups excluding carboxylic acids is 1. The van der Waals surface area contributed by atoms with Crippen molar-refractivity contribution in [3.05, 3.63) is 23.8 Å². The van der Waals surface area contributed by atoms with Crippen LogP contribution in [-0.4, -0.2) is 29.7 Å². The summed E-state index contributed by atoms with van der Waals surface area (Å²) in [4.78, 5) is 14.7. The summed E-state index contributed by atoms with van der Waals surface area (Å²) in [5, 5.41) is 0. The lowest BCUT2D eigenvalue weighted by Crippen LogP contribution is -2.37. The normalized spacial score (nSPS) is 10.7. The van der Waals surface area contributed by atoms with Gasteiger partial charge in [-0.25, -0.2) is 0 Å². The van der Waals surface area contributed by atoms with E-state index in [2.05, 4.69) is 20.8 Å². The molecule has 0 heterocycles. The van der Waals surface area contributed by atoms with Gasteiger partial charge in [-0.2, -0.15) is 0 Å². The van der Waals surface area contributed by atoms with Gasteiger partial charge in [0.25, 0.3) is 0 Å². The highest BCUT2D eigenvalue weighted by Crippen LogP contribution is 2.31. The summed E-state index contributed by atoms with van der Waals surface area (Å²) in [6.07, 6.45) is 0. The van der Waals surface area contributed by atoms with Crippen LogP contribution in [0, 0.1) is 5.92 Å². The third kappa shape index (κ3) is 5.21. The monoisotopic (exact) mass is 325 g/mol. The molecule has 0 fully saturated rings. The number of nitrogens with two attached hydrogens (primary N) is 2. The Balaban J connectivity index is 3.31. The van der Waals surface area contributed by atoms with Gasteiger partial charge in [-0.05, 0) is 23.8 Å². The smallest absolute Gasteiger partial charge is 0.236 e. The fourth-order valence-electron chi connectivity index (χ4n) is 2.18. The van der Waals surface area contributed by atoms with Crippen molar-refractivity contribution in [2.24, 2.45) is 17.4 Å². The summed E-state index contributed by atoms with van der Waals surface area (Å²) in [5.74, 6) is 0.961. The number of primary amides is 1. The fourth-order valence-corrected chi connectivity index (χ4v) is 3.31. The Hall–Kier alpha value is -1.27. The number of nitrogens with zero attached hydrogens (tertiary/aromatic N) is 1. The van der Waals surface area contributed by atoms with Crippen molar-refractivity contribution >= 4 is 40.6 Å². The Morgan fingerprint density at radius 2 is 2.05 bits per heavy atom. The van der Waals surface area contributed by atoms with Crippen LogP contribution in [0.1, 0.15) is 26.3 Å². The van der Waals surface area contributed by atoms with Gasteiger partial charge in [0.1, 0.15) is 4.99 Å². The number of thiocarbonyl (C=S) groups is 1. The number of hydrogen-bond donors (Lipinski definition) is 2. The average molecular weight is 326 g/mol. The Morgan fingerprint density at radius 1 is 1.38 bits per heavy atom. The van der Waals surface area contributed by atoms with Gasteiger partial charge in [-0.1, -0.05) is 39.1 Å². The lowest BCUT2D eigenvalue weighted by Gasteiger charge is -2.28. The van der Waals surface area contributed by atoms with Crippen LogP contribution in [0.2, 0.25) is 0 Å². The molecule has 1 aromatic rings. The van der Waals surface area contributed by atoms with E-state index in [4.69, 9.17) is 23.7 Å². The first-order valence-electron chi connectivity index (χ1n) is 6.95. The van der Waals surface area contributed by atoms with Crippen LogP contribution in [-0.2, 0) is 4.79 Å². The minimum absolute atomic E-state index is 0.161. The largest absolute Gasteiger partial charge is 0.389 e. The second kappa shape index (κ2) is 8.24. The van der Waals surface area contributed by atoms with E-state index < -0.39 is 0 Å². The topological polar surface area (TPSA) is 72.3 Å². The van der Waals surface area contributed by atoms with Crippen LogP contribution >= 0.6 is 24.0 Å². The minimum atomic E-state index is -0.363. The van der Waals surface area contributed by atoms with Crippen LogP contribution in [0.4, 0.5) is 5.69 Å². The maximum absolute atomic E-state index is 11.4. The number of thioether (sulfide) groups is 1. The number of hydrogen-bond acceptors (Lipinski definition) is 4. The van der Waals surface area contributed by atoms with Crippen molar-refractivity contribution in [3.63, 3.8) is 0 Å². The van der Waals surface area contributed by atoms with Crippen molar-refractivity contribution in [3.8, 4) is 0 Å². The zero-order valence-corrected chi connectivity index (χ0v) is 14.4. The molecule has 0 spiro atoms. The van der Waals surface area contributed by atoms with E-state index in [1.54, 1.807) is 11.8 Å². The highest BCUT2D eigenvalue weighted by molar-refractivity contribution is 7.99. The van der Waals surface area contributed by atoms with Crippen LogP contribution in [0.15, 0.2) is 23.1 Å². The van der Waals surface area contributed by atoms with Gasteiger partial charge in [0, 0.05) is 22.7 Å². The quantitative estimate of drug-likeness (QED) is 0.567. The molecule has 0 aliphatic carbocycles. The van der Waals surface area contributed by atoms with E-state index in [0.717, 1.165) is 28.4 Å². The minimum Gasteiger partial charge on any atom is -0.389 e. The van der Waals surface area contributed by atoms with Crippen LogP contribution in [0.5, 0.6) is 0 Å². The molecule has 0 aliphatic rings. The summed E-state index contributed by atoms with van der Waals surface area (Å²) in [6, 6.07) is 5.91. The first kappa shape index (κ1) is 17.8. The maximum Gasteiger partial charge on any atom is 0.236 e. The molecule has 4 N–H and O–H groups in total. The lowest BCUT2D eigenvalue weighted by atomic mass is 10.1. The van der Waals surface area contributed by atoms with E-state index in [1.807, 2.05) is 23.1 Å². The van der Waals surface area contributed by atoms with Gasteiger partial charge in [-0.3, -0.25) is 4.79 Å². The number of carbonyl (C=O) groups is 1. The molecule has 1 rings (SSSR count). The molecular formula is C15H23N3OS2. The van der Waals surface area contributed by atoms with Gasteiger partial charge in [0.15, 0.2) is 0 Å². The Morgan fingerprint density at radius 3 is 2.52 bits per heavy atom. The first-order valence-corrected chi connectivity index (χ1v) is 8.35. The predicted octanol–water partition coefficient (Wildman–Crippen LogP) is 2.38. The molecule has 1 aromatic carbocycles. The van der Waals surface area contributed by atoms with Crippen molar-refractivity contribution < 1.29 is 4.79 Å². The van der Waals surface area contributed by atoms with Crippen LogP contribution < -0.4 is 16.4 Å². The summed E-state index contributed by atoms with van der Waals surface area (Å²) >= 11 is 6.91. The van der Waals surface area contributed by atoms with Crippen molar-refractivity contribution in [1.82, 2.24) is 0 Å². The van der Waals surface area contributed by atoms with Crippen molar-refractivity contribution in [2.45, 2.75) is 25.7 Å². The molecule has 0 unspecified atom stereocenters. The van der Waals surface area contributed by atoms with Gasteiger partial charge in [-0.15, -0.1) is 11.8 Å². The van der Waals surface area contributed by atoms with Crippen molar-refractivity contribution in [1.29, 1.82) is 0 Å². The predicted molar refractivity (Wildman–Crippen MR) is 95.0 cm³/mol. The van der Waals surface area contributed by atoms with E-state index in [-0.39, 0.29) is 12.5 Å². The molecule has 21 heavy (non-hydrogen) atoms. The summed E-state index contributed by atoms with van der Waals surface area (Å²) < 4.78 is 0. The average Bonchev–Trinajstić information content (AvgIpc) is 2.36. The molecule has 6 heteroatoms. The highest BCUT2D eigenvalue weighted by Gasteiger charge is 2.18. The second-order valence-corrected chi connectivity index (χ2v) is 6.93. The summed E-state index contributed by atoms with van der Waals surface area (Å²) in [6.45, 7) is 7.15. The second-order valence-electron chi connectivity index (χ2n) is 5.19. The molecule has 0 bridgehead atoms. The molecule has 0 aromatic heterocycles. The molecular weight excluding hydrogens is 302 g/mol. The van der Waals surface area contributed by atoms with E-state index >= 15 is 0 Å². The molecule has 0 radical (unpaired) electrons. The molecule has 116 valence electrons. The highest BCUT2D eigenvalue weighted by atomic mass is 32.2. The lowest BCUT2D eigenvalue weighted by molar-refractivity contribution is -0.116. The van der Waals surface area contributed by atoms with Gasteiger partial charge in [0.05, 0.1) is 6.54 Å². The van der Waals surface area contributed by atoms with Crippen molar-refractivity contribution in [2.75, 3.05) is 23.7 Å². The molecule has 4 nitrogen and oxygen atoms in total. The summed E-state index contributed by atoms with van der Waals surface area (Å²) in [5.41, 5.74) is 13.0. The zero-order chi connectivity index (χ0) is 16.0. The molecule has 0 aliphatic heterocycles. The Kier molecular flexibility index (Phi) is 6.98. The standard InChI is InChI=1S/C15H23N3OS2/c1-4-21-12-7-5-6-11(14(12)15(17)20)18(8-10(2)3)9-13(16)19/h5-7,10H,4,8-9H2,1-3H3,(H2,16,19)(H2,17,20). The van der Waals surface area contributed by atoms with Gasteiger partial charge < -0.3 is 16.4 Å². The number of rotatable bonds is 8. The van der Waals surface area contributed by atoms with E-state index in [1.165, 1.54) is 0 Å². The van der Waals surface area contributed by atoms with Crippen LogP contribution in [0.25, 0.3) is 0 Å². The molecule has 0 atom stereocenters. The van der Waals surface area contributed by atoms with Gasteiger partial charge >= 0.3 is 0 Å². The number of amides is 1. The Bertz CT molecular complexity index is 518. The summed E-state index contributed by atoms with van der Waals surface area (Å²) in [7, 11) is 0. The third-order valence-electron chi connectivity index (χ3n) is 2.82. The zero-order valence-electron chi connectivity index (χ0n) is 12.8. The number of benzene rings is 1. The maximum atomic E-state index is 11.4. The molecule has 1 amide bonds. The molecule has 0 saturated heterocycles. The SMILES string of the molecule is CCSc1cccc(N(CC(N)=O)CC(C)C)c1C(N)=S. The van der Waals surface area contributed by atoms with Gasteiger partial charge in [0.2, 0.25) is 5.91 Å².